The largest absolute Gasteiger partial charge is 0.465 e. The molecule has 2 N–H and O–H groups in total. The Morgan fingerprint density at radius 1 is 1.27 bits per heavy atom. The van der Waals surface area contributed by atoms with Gasteiger partial charge in [0, 0.05) is 17.9 Å². The fourth-order valence-corrected chi connectivity index (χ4v) is 3.44. The molecule has 1 fully saturated rings. The predicted octanol–water partition coefficient (Wildman–Crippen LogP) is 0.965. The number of methoxy groups -OCH3 is 1. The SMILES string of the molecule is CCOC(=O)[C@@H]1CS[C@@H](CC(=O)Nc2ccc(C(=O)OC)cc2)C(=O)N1. The second-order valence-electron chi connectivity index (χ2n) is 5.46. The highest BCUT2D eigenvalue weighted by Gasteiger charge is 2.34. The number of ether oxygens (including phenoxy) is 2. The summed E-state index contributed by atoms with van der Waals surface area (Å²) in [6.45, 7) is 1.94. The molecular weight excluding hydrogens is 360 g/mol. The van der Waals surface area contributed by atoms with E-state index in [1.165, 1.54) is 31.0 Å². The first-order valence-electron chi connectivity index (χ1n) is 8.01. The van der Waals surface area contributed by atoms with Crippen molar-refractivity contribution in [2.45, 2.75) is 24.6 Å². The number of amides is 2. The van der Waals surface area contributed by atoms with E-state index in [-0.39, 0.29) is 24.8 Å². The van der Waals surface area contributed by atoms with Gasteiger partial charge in [0.2, 0.25) is 11.8 Å². The Morgan fingerprint density at radius 3 is 2.54 bits per heavy atom. The zero-order valence-corrected chi connectivity index (χ0v) is 15.3. The molecule has 1 heterocycles. The fourth-order valence-electron chi connectivity index (χ4n) is 2.30. The van der Waals surface area contributed by atoms with E-state index in [9.17, 15) is 19.2 Å². The maximum Gasteiger partial charge on any atom is 0.337 e. The van der Waals surface area contributed by atoms with Crippen LogP contribution in [0, 0.1) is 0 Å². The van der Waals surface area contributed by atoms with Crippen molar-refractivity contribution in [3.63, 3.8) is 0 Å². The van der Waals surface area contributed by atoms with E-state index in [1.54, 1.807) is 19.1 Å². The lowest BCUT2D eigenvalue weighted by Crippen LogP contribution is -2.51. The van der Waals surface area contributed by atoms with Crippen molar-refractivity contribution >= 4 is 41.2 Å². The lowest BCUT2D eigenvalue weighted by atomic mass is 10.2. The lowest BCUT2D eigenvalue weighted by Gasteiger charge is -2.27. The summed E-state index contributed by atoms with van der Waals surface area (Å²) in [6.07, 6.45) is -0.0230. The summed E-state index contributed by atoms with van der Waals surface area (Å²) in [5.41, 5.74) is 0.881. The second kappa shape index (κ2) is 9.23. The third kappa shape index (κ3) is 5.22. The van der Waals surface area contributed by atoms with Crippen molar-refractivity contribution in [3.05, 3.63) is 29.8 Å². The van der Waals surface area contributed by atoms with E-state index in [2.05, 4.69) is 15.4 Å². The van der Waals surface area contributed by atoms with Crippen molar-refractivity contribution in [2.24, 2.45) is 0 Å². The first-order chi connectivity index (χ1) is 12.4. The predicted molar refractivity (Wildman–Crippen MR) is 95.8 cm³/mol. The van der Waals surface area contributed by atoms with Crippen LogP contribution < -0.4 is 10.6 Å². The van der Waals surface area contributed by atoms with Crippen LogP contribution in [-0.4, -0.2) is 54.5 Å². The van der Waals surface area contributed by atoms with Gasteiger partial charge in [-0.25, -0.2) is 9.59 Å². The molecule has 2 atom stereocenters. The summed E-state index contributed by atoms with van der Waals surface area (Å²) in [5, 5.41) is 4.68. The fraction of sp³-hybridized carbons (Fsp3) is 0.412. The van der Waals surface area contributed by atoms with E-state index in [4.69, 9.17) is 4.74 Å². The van der Waals surface area contributed by atoms with Gasteiger partial charge >= 0.3 is 11.9 Å². The Kier molecular flexibility index (Phi) is 7.02. The number of hydrogen-bond acceptors (Lipinski definition) is 7. The van der Waals surface area contributed by atoms with Crippen LogP contribution in [0.3, 0.4) is 0 Å². The number of nitrogens with one attached hydrogen (secondary N) is 2. The van der Waals surface area contributed by atoms with Crippen LogP contribution in [0.15, 0.2) is 24.3 Å². The third-order valence-electron chi connectivity index (χ3n) is 3.60. The van der Waals surface area contributed by atoms with Crippen LogP contribution >= 0.6 is 11.8 Å². The number of esters is 2. The van der Waals surface area contributed by atoms with Crippen LogP contribution in [-0.2, 0) is 23.9 Å². The minimum Gasteiger partial charge on any atom is -0.465 e. The van der Waals surface area contributed by atoms with Gasteiger partial charge in [-0.05, 0) is 31.2 Å². The van der Waals surface area contributed by atoms with E-state index in [0.29, 0.717) is 17.0 Å². The van der Waals surface area contributed by atoms with Gasteiger partial charge in [-0.2, -0.15) is 0 Å². The lowest BCUT2D eigenvalue weighted by molar-refractivity contribution is -0.146. The van der Waals surface area contributed by atoms with E-state index in [1.807, 2.05) is 0 Å². The van der Waals surface area contributed by atoms with Crippen LogP contribution in [0.5, 0.6) is 0 Å². The average molecular weight is 380 g/mol. The van der Waals surface area contributed by atoms with Gasteiger partial charge in [0.25, 0.3) is 0 Å². The molecular formula is C17H20N2O6S. The Balaban J connectivity index is 1.85. The Hall–Kier alpha value is -2.55. The monoisotopic (exact) mass is 380 g/mol. The topological polar surface area (TPSA) is 111 Å². The Bertz CT molecular complexity index is 691. The van der Waals surface area contributed by atoms with E-state index < -0.39 is 23.2 Å². The van der Waals surface area contributed by atoms with Gasteiger partial charge in [-0.3, -0.25) is 9.59 Å². The number of thioether (sulfide) groups is 1. The Labute approximate surface area is 155 Å². The average Bonchev–Trinajstić information content (AvgIpc) is 2.63. The van der Waals surface area contributed by atoms with Crippen molar-refractivity contribution in [1.82, 2.24) is 5.32 Å². The van der Waals surface area contributed by atoms with Crippen LogP contribution in [0.4, 0.5) is 5.69 Å². The van der Waals surface area contributed by atoms with Crippen molar-refractivity contribution in [1.29, 1.82) is 0 Å². The number of anilines is 1. The highest BCUT2D eigenvalue weighted by atomic mass is 32.2. The van der Waals surface area contributed by atoms with Gasteiger partial charge in [0.05, 0.1) is 24.5 Å². The maximum absolute atomic E-state index is 12.1. The van der Waals surface area contributed by atoms with Gasteiger partial charge < -0.3 is 20.1 Å². The molecule has 1 aliphatic rings. The first-order valence-corrected chi connectivity index (χ1v) is 9.06. The molecule has 0 aliphatic carbocycles. The molecule has 2 amide bonds. The minimum absolute atomic E-state index is 0.0230. The molecule has 26 heavy (non-hydrogen) atoms. The number of hydrogen-bond donors (Lipinski definition) is 2. The molecule has 0 radical (unpaired) electrons. The molecule has 1 aliphatic heterocycles. The van der Waals surface area contributed by atoms with Crippen molar-refractivity contribution in [2.75, 3.05) is 24.8 Å². The molecule has 1 saturated heterocycles. The first kappa shape index (κ1) is 19.8. The summed E-state index contributed by atoms with van der Waals surface area (Å²) in [7, 11) is 1.29. The second-order valence-corrected chi connectivity index (χ2v) is 6.69. The van der Waals surface area contributed by atoms with E-state index in [0.717, 1.165) is 0 Å². The summed E-state index contributed by atoms with van der Waals surface area (Å²) < 4.78 is 9.48. The molecule has 140 valence electrons. The van der Waals surface area contributed by atoms with Gasteiger partial charge in [-0.15, -0.1) is 11.8 Å². The van der Waals surface area contributed by atoms with Crippen LogP contribution in [0.2, 0.25) is 0 Å². The standard InChI is InChI=1S/C17H20N2O6S/c1-3-25-17(23)12-9-26-13(15(21)19-12)8-14(20)18-11-6-4-10(5-7-11)16(22)24-2/h4-7,12-13H,3,8-9H2,1-2H3,(H,18,20)(H,19,21)/t12-,13-/m0/s1. The molecule has 9 heteroatoms. The zero-order valence-electron chi connectivity index (χ0n) is 14.4. The van der Waals surface area contributed by atoms with Crippen molar-refractivity contribution < 1.29 is 28.7 Å². The smallest absolute Gasteiger partial charge is 0.337 e. The summed E-state index contributed by atoms with van der Waals surface area (Å²) >= 11 is 1.25. The quantitative estimate of drug-likeness (QED) is 0.707. The molecule has 0 unspecified atom stereocenters. The number of rotatable bonds is 6. The molecule has 0 saturated carbocycles. The zero-order chi connectivity index (χ0) is 19.1. The van der Waals surface area contributed by atoms with Crippen LogP contribution in [0.1, 0.15) is 23.7 Å². The van der Waals surface area contributed by atoms with Gasteiger partial charge in [0.1, 0.15) is 6.04 Å². The van der Waals surface area contributed by atoms with Crippen LogP contribution in [0.25, 0.3) is 0 Å². The Morgan fingerprint density at radius 2 is 1.96 bits per heavy atom. The van der Waals surface area contributed by atoms with Crippen molar-refractivity contribution in [3.8, 4) is 0 Å². The molecule has 2 rings (SSSR count). The number of carbonyl (C=O) groups excluding carboxylic acids is 4. The molecule has 0 spiro atoms. The van der Waals surface area contributed by atoms with Gasteiger partial charge in [-0.1, -0.05) is 0 Å². The number of benzene rings is 1. The van der Waals surface area contributed by atoms with E-state index >= 15 is 0 Å². The molecule has 1 aromatic carbocycles. The minimum atomic E-state index is -0.683. The summed E-state index contributed by atoms with van der Waals surface area (Å²) in [6, 6.07) is 5.54. The molecule has 0 aromatic heterocycles. The maximum atomic E-state index is 12.1. The summed E-state index contributed by atoms with van der Waals surface area (Å²) in [4.78, 5) is 47.2. The highest BCUT2D eigenvalue weighted by molar-refractivity contribution is 8.00. The highest BCUT2D eigenvalue weighted by Crippen LogP contribution is 2.22. The summed E-state index contributed by atoms with van der Waals surface area (Å²) in [5.74, 6) is -1.28. The molecule has 0 bridgehead atoms. The normalized spacial score (nSPS) is 19.2. The van der Waals surface area contributed by atoms with Gasteiger partial charge in [0.15, 0.2) is 0 Å². The molecule has 1 aromatic rings. The molecule has 8 nitrogen and oxygen atoms in total. The third-order valence-corrected chi connectivity index (χ3v) is 4.91. The number of carbonyl (C=O) groups is 4.